The second-order valence-electron chi connectivity index (χ2n) is 7.38. The van der Waals surface area contributed by atoms with E-state index in [2.05, 4.69) is 55.7 Å². The molecular weight excluding hydrogens is 380 g/mol. The van der Waals surface area contributed by atoms with Crippen LogP contribution in [-0.2, 0) is 10.2 Å². The van der Waals surface area contributed by atoms with Gasteiger partial charge in [-0.15, -0.1) is 0 Å². The van der Waals surface area contributed by atoms with E-state index in [1.165, 1.54) is 12.7 Å². The molecule has 6 heteroatoms. The summed E-state index contributed by atoms with van der Waals surface area (Å²) in [5.74, 6) is -0.430. The van der Waals surface area contributed by atoms with Crippen LogP contribution in [0, 0.1) is 0 Å². The molecule has 144 valence electrons. The van der Waals surface area contributed by atoms with Gasteiger partial charge in [0.2, 0.25) is 0 Å². The SMILES string of the molecule is COC(=O)c1ccc(Cl)c(NC(=S)NC(C)c2ccc(C(C)(C)C)cc2)c1. The van der Waals surface area contributed by atoms with Crippen molar-refractivity contribution in [3.8, 4) is 0 Å². The highest BCUT2D eigenvalue weighted by molar-refractivity contribution is 7.80. The highest BCUT2D eigenvalue weighted by atomic mass is 35.5. The number of carbonyl (C=O) groups excluding carboxylic acids is 1. The molecule has 0 fully saturated rings. The molecule has 2 aromatic rings. The first-order chi connectivity index (χ1) is 12.6. The van der Waals surface area contributed by atoms with Crippen molar-refractivity contribution in [2.45, 2.75) is 39.2 Å². The van der Waals surface area contributed by atoms with Crippen LogP contribution in [-0.4, -0.2) is 18.2 Å². The van der Waals surface area contributed by atoms with Gasteiger partial charge in [-0.2, -0.15) is 0 Å². The van der Waals surface area contributed by atoms with E-state index in [1.54, 1.807) is 18.2 Å². The number of ether oxygens (including phenoxy) is 1. The molecule has 0 heterocycles. The van der Waals surface area contributed by atoms with Crippen molar-refractivity contribution in [1.29, 1.82) is 0 Å². The summed E-state index contributed by atoms with van der Waals surface area (Å²) in [6.07, 6.45) is 0. The summed E-state index contributed by atoms with van der Waals surface area (Å²) in [5.41, 5.74) is 3.48. The molecule has 0 bridgehead atoms. The molecule has 1 unspecified atom stereocenters. The van der Waals surface area contributed by atoms with Crippen LogP contribution in [0.1, 0.15) is 55.2 Å². The summed E-state index contributed by atoms with van der Waals surface area (Å²) >= 11 is 11.6. The molecule has 1 atom stereocenters. The second-order valence-corrected chi connectivity index (χ2v) is 8.19. The molecule has 2 aromatic carbocycles. The van der Waals surface area contributed by atoms with Crippen LogP contribution in [0.2, 0.25) is 5.02 Å². The van der Waals surface area contributed by atoms with Gasteiger partial charge in [-0.1, -0.05) is 56.6 Å². The molecular formula is C21H25ClN2O2S. The van der Waals surface area contributed by atoms with Crippen molar-refractivity contribution in [3.63, 3.8) is 0 Å². The third-order valence-corrected chi connectivity index (χ3v) is 4.81. The van der Waals surface area contributed by atoms with Gasteiger partial charge in [-0.25, -0.2) is 4.79 Å². The van der Waals surface area contributed by atoms with Gasteiger partial charge in [-0.05, 0) is 53.9 Å². The molecule has 0 aliphatic heterocycles. The number of esters is 1. The summed E-state index contributed by atoms with van der Waals surface area (Å²) in [6.45, 7) is 8.60. The Kier molecular flexibility index (Phi) is 6.84. The molecule has 0 spiro atoms. The fourth-order valence-electron chi connectivity index (χ4n) is 2.58. The van der Waals surface area contributed by atoms with Crippen LogP contribution in [0.4, 0.5) is 5.69 Å². The molecule has 4 nitrogen and oxygen atoms in total. The lowest BCUT2D eigenvalue weighted by atomic mass is 9.86. The van der Waals surface area contributed by atoms with Crippen LogP contribution in [0.5, 0.6) is 0 Å². The first kappa shape index (κ1) is 21.2. The Bertz CT molecular complexity index is 829. The zero-order chi connectivity index (χ0) is 20.2. The zero-order valence-electron chi connectivity index (χ0n) is 16.2. The van der Waals surface area contributed by atoms with Gasteiger partial charge in [0.25, 0.3) is 0 Å². The van der Waals surface area contributed by atoms with E-state index in [-0.39, 0.29) is 11.5 Å². The third kappa shape index (κ3) is 5.68. The van der Waals surface area contributed by atoms with E-state index in [9.17, 15) is 4.79 Å². The lowest BCUT2D eigenvalue weighted by Gasteiger charge is -2.21. The molecule has 0 radical (unpaired) electrons. The minimum atomic E-state index is -0.430. The molecule has 0 aliphatic carbocycles. The minimum Gasteiger partial charge on any atom is -0.465 e. The van der Waals surface area contributed by atoms with Crippen LogP contribution < -0.4 is 10.6 Å². The minimum absolute atomic E-state index is 0.0154. The van der Waals surface area contributed by atoms with E-state index >= 15 is 0 Å². The number of thiocarbonyl (C=S) groups is 1. The topological polar surface area (TPSA) is 50.4 Å². The molecule has 0 aliphatic rings. The number of methoxy groups -OCH3 is 1. The molecule has 0 saturated heterocycles. The molecule has 0 amide bonds. The summed E-state index contributed by atoms with van der Waals surface area (Å²) in [7, 11) is 1.34. The maximum Gasteiger partial charge on any atom is 0.337 e. The molecule has 0 aromatic heterocycles. The first-order valence-corrected chi connectivity index (χ1v) is 9.46. The summed E-state index contributed by atoms with van der Waals surface area (Å²) in [4.78, 5) is 11.7. The predicted octanol–water partition coefficient (Wildman–Crippen LogP) is 5.47. The van der Waals surface area contributed by atoms with Gasteiger partial charge >= 0.3 is 5.97 Å². The Morgan fingerprint density at radius 3 is 2.33 bits per heavy atom. The Morgan fingerprint density at radius 2 is 1.78 bits per heavy atom. The monoisotopic (exact) mass is 404 g/mol. The van der Waals surface area contributed by atoms with Crippen molar-refractivity contribution in [2.75, 3.05) is 12.4 Å². The number of anilines is 1. The lowest BCUT2D eigenvalue weighted by Crippen LogP contribution is -2.31. The second kappa shape index (κ2) is 8.72. The Labute approximate surface area is 171 Å². The van der Waals surface area contributed by atoms with E-state index in [4.69, 9.17) is 28.6 Å². The standard InChI is InChI=1S/C21H25ClN2O2S/c1-13(14-6-9-16(10-7-14)21(2,3)4)23-20(27)24-18-12-15(19(25)26-5)8-11-17(18)22/h6-13H,1-5H3,(H2,23,24,27). The van der Waals surface area contributed by atoms with Crippen molar-refractivity contribution >= 4 is 40.6 Å². The average molecular weight is 405 g/mol. The lowest BCUT2D eigenvalue weighted by molar-refractivity contribution is 0.0601. The zero-order valence-corrected chi connectivity index (χ0v) is 17.8. The van der Waals surface area contributed by atoms with Gasteiger partial charge < -0.3 is 15.4 Å². The van der Waals surface area contributed by atoms with Crippen molar-refractivity contribution in [1.82, 2.24) is 5.32 Å². The fraction of sp³-hybridized carbons (Fsp3) is 0.333. The van der Waals surface area contributed by atoms with Gasteiger partial charge in [0.1, 0.15) is 0 Å². The van der Waals surface area contributed by atoms with E-state index in [0.717, 1.165) is 5.56 Å². The van der Waals surface area contributed by atoms with Gasteiger partial charge in [-0.3, -0.25) is 0 Å². The highest BCUT2D eigenvalue weighted by Gasteiger charge is 2.15. The predicted molar refractivity (Wildman–Crippen MR) is 116 cm³/mol. The van der Waals surface area contributed by atoms with Crippen molar-refractivity contribution in [2.24, 2.45) is 0 Å². The number of hydrogen-bond acceptors (Lipinski definition) is 3. The summed E-state index contributed by atoms with van der Waals surface area (Å²) < 4.78 is 4.73. The van der Waals surface area contributed by atoms with Crippen LogP contribution in [0.25, 0.3) is 0 Å². The van der Waals surface area contributed by atoms with Gasteiger partial charge in [0.05, 0.1) is 29.4 Å². The first-order valence-electron chi connectivity index (χ1n) is 8.67. The quantitative estimate of drug-likeness (QED) is 0.522. The normalized spacial score (nSPS) is 12.2. The molecule has 2 rings (SSSR count). The Balaban J connectivity index is 2.06. The highest BCUT2D eigenvalue weighted by Crippen LogP contribution is 2.25. The van der Waals surface area contributed by atoms with Gasteiger partial charge in [0.15, 0.2) is 5.11 Å². The fourth-order valence-corrected chi connectivity index (χ4v) is 3.03. The Morgan fingerprint density at radius 1 is 1.15 bits per heavy atom. The summed E-state index contributed by atoms with van der Waals surface area (Å²) in [6, 6.07) is 13.4. The maximum atomic E-state index is 11.7. The number of halogens is 1. The number of benzene rings is 2. The number of hydrogen-bond donors (Lipinski definition) is 2. The number of carbonyl (C=O) groups is 1. The van der Waals surface area contributed by atoms with Crippen LogP contribution >= 0.6 is 23.8 Å². The van der Waals surface area contributed by atoms with Crippen LogP contribution in [0.3, 0.4) is 0 Å². The van der Waals surface area contributed by atoms with E-state index in [0.29, 0.717) is 21.4 Å². The summed E-state index contributed by atoms with van der Waals surface area (Å²) in [5, 5.41) is 7.17. The third-order valence-electron chi connectivity index (χ3n) is 4.26. The number of nitrogens with one attached hydrogen (secondary N) is 2. The van der Waals surface area contributed by atoms with Crippen molar-refractivity contribution in [3.05, 3.63) is 64.2 Å². The maximum absolute atomic E-state index is 11.7. The van der Waals surface area contributed by atoms with Crippen LogP contribution in [0.15, 0.2) is 42.5 Å². The average Bonchev–Trinajstić information content (AvgIpc) is 2.62. The van der Waals surface area contributed by atoms with Crippen molar-refractivity contribution < 1.29 is 9.53 Å². The van der Waals surface area contributed by atoms with E-state index in [1.807, 2.05) is 6.92 Å². The smallest absolute Gasteiger partial charge is 0.337 e. The largest absolute Gasteiger partial charge is 0.465 e. The molecule has 0 saturated carbocycles. The van der Waals surface area contributed by atoms with E-state index < -0.39 is 5.97 Å². The Hall–Kier alpha value is -2.11. The number of rotatable bonds is 4. The molecule has 2 N–H and O–H groups in total. The molecule has 27 heavy (non-hydrogen) atoms. The van der Waals surface area contributed by atoms with Gasteiger partial charge in [0, 0.05) is 0 Å².